The molecule has 0 fully saturated rings. The average Bonchev–Trinajstić information content (AvgIpc) is 3.18. The number of methoxy groups -OCH3 is 3. The lowest BCUT2D eigenvalue weighted by molar-refractivity contribution is -0.0104. The first-order chi connectivity index (χ1) is 15.5. The highest BCUT2D eigenvalue weighted by Gasteiger charge is 2.40. The summed E-state index contributed by atoms with van der Waals surface area (Å²) in [6.45, 7) is 0.381. The van der Waals surface area contributed by atoms with Gasteiger partial charge in [-0.15, -0.1) is 0 Å². The Balaban J connectivity index is 1.60. The third-order valence-corrected chi connectivity index (χ3v) is 5.36. The average molecular weight is 436 g/mol. The number of benzene rings is 3. The SMILES string of the molecule is COc1cc(OC)c2c(c1)C(C(O)c1ccc(OCc3ccccc3)c(OC)c1)OC2=O. The van der Waals surface area contributed by atoms with Gasteiger partial charge in [0.05, 0.1) is 21.3 Å². The fraction of sp³-hybridized carbons (Fsp3) is 0.240. The van der Waals surface area contributed by atoms with Crippen LogP contribution in [0.3, 0.4) is 0 Å². The lowest BCUT2D eigenvalue weighted by atomic mass is 9.95. The second kappa shape index (κ2) is 9.20. The van der Waals surface area contributed by atoms with Crippen molar-refractivity contribution in [3.63, 3.8) is 0 Å². The van der Waals surface area contributed by atoms with Crippen molar-refractivity contribution in [3.8, 4) is 23.0 Å². The molecule has 3 aromatic rings. The van der Waals surface area contributed by atoms with Crippen LogP contribution in [0.5, 0.6) is 23.0 Å². The minimum Gasteiger partial charge on any atom is -0.497 e. The highest BCUT2D eigenvalue weighted by atomic mass is 16.6. The fourth-order valence-electron chi connectivity index (χ4n) is 3.70. The molecule has 0 aliphatic carbocycles. The van der Waals surface area contributed by atoms with Crippen LogP contribution in [0.4, 0.5) is 0 Å². The third kappa shape index (κ3) is 4.07. The van der Waals surface area contributed by atoms with Crippen molar-refractivity contribution in [1.82, 2.24) is 0 Å². The van der Waals surface area contributed by atoms with E-state index >= 15 is 0 Å². The molecule has 2 unspecified atom stereocenters. The molecule has 7 nitrogen and oxygen atoms in total. The van der Waals surface area contributed by atoms with E-state index in [1.54, 1.807) is 30.3 Å². The monoisotopic (exact) mass is 436 g/mol. The standard InChI is InChI=1S/C25H24O7/c1-28-17-12-18-22(21(13-17)30-3)25(27)32-24(18)23(26)16-9-10-19(20(11-16)29-2)31-14-15-7-5-4-6-8-15/h4-13,23-24,26H,14H2,1-3H3. The quantitative estimate of drug-likeness (QED) is 0.529. The summed E-state index contributed by atoms with van der Waals surface area (Å²) in [6, 6.07) is 18.2. The van der Waals surface area contributed by atoms with Crippen molar-refractivity contribution in [2.45, 2.75) is 18.8 Å². The number of fused-ring (bicyclic) bond motifs is 1. The van der Waals surface area contributed by atoms with E-state index in [-0.39, 0.29) is 5.56 Å². The van der Waals surface area contributed by atoms with E-state index < -0.39 is 18.2 Å². The summed E-state index contributed by atoms with van der Waals surface area (Å²) >= 11 is 0. The molecular formula is C25H24O7. The number of aliphatic hydroxyl groups is 1. The van der Waals surface area contributed by atoms with Crippen molar-refractivity contribution in [3.05, 3.63) is 82.9 Å². The van der Waals surface area contributed by atoms with Crippen molar-refractivity contribution in [2.75, 3.05) is 21.3 Å². The molecule has 0 saturated carbocycles. The van der Waals surface area contributed by atoms with Gasteiger partial charge in [0, 0.05) is 11.6 Å². The van der Waals surface area contributed by atoms with E-state index in [0.29, 0.717) is 40.7 Å². The first-order valence-corrected chi connectivity index (χ1v) is 10.0. The van der Waals surface area contributed by atoms with Gasteiger partial charge in [-0.2, -0.15) is 0 Å². The number of ether oxygens (including phenoxy) is 5. The lowest BCUT2D eigenvalue weighted by Gasteiger charge is -2.20. The van der Waals surface area contributed by atoms with Crippen LogP contribution in [-0.4, -0.2) is 32.4 Å². The normalized spacial score (nSPS) is 15.5. The highest BCUT2D eigenvalue weighted by molar-refractivity contribution is 5.97. The molecule has 2 atom stereocenters. The zero-order valence-electron chi connectivity index (χ0n) is 18.0. The molecule has 1 aliphatic heterocycles. The fourth-order valence-corrected chi connectivity index (χ4v) is 3.70. The molecule has 1 N–H and O–H groups in total. The second-order valence-electron chi connectivity index (χ2n) is 7.25. The van der Waals surface area contributed by atoms with Gasteiger partial charge in [-0.3, -0.25) is 0 Å². The molecule has 32 heavy (non-hydrogen) atoms. The Morgan fingerprint density at radius 3 is 2.34 bits per heavy atom. The summed E-state index contributed by atoms with van der Waals surface area (Å²) in [7, 11) is 4.51. The number of rotatable bonds is 8. The van der Waals surface area contributed by atoms with Crippen LogP contribution in [0.2, 0.25) is 0 Å². The van der Waals surface area contributed by atoms with Gasteiger partial charge < -0.3 is 28.8 Å². The second-order valence-corrected chi connectivity index (χ2v) is 7.25. The molecule has 0 bridgehead atoms. The minimum absolute atomic E-state index is 0.284. The van der Waals surface area contributed by atoms with Gasteiger partial charge in [-0.05, 0) is 29.3 Å². The minimum atomic E-state index is -1.13. The summed E-state index contributed by atoms with van der Waals surface area (Å²) in [5.74, 6) is 1.28. The zero-order valence-corrected chi connectivity index (χ0v) is 18.0. The van der Waals surface area contributed by atoms with Crippen molar-refractivity contribution in [1.29, 1.82) is 0 Å². The number of carbonyl (C=O) groups excluding carboxylic acids is 1. The Morgan fingerprint density at radius 1 is 0.906 bits per heavy atom. The first kappa shape index (κ1) is 21.5. The predicted molar refractivity (Wildman–Crippen MR) is 116 cm³/mol. The lowest BCUT2D eigenvalue weighted by Crippen LogP contribution is -2.11. The Labute approximate surface area is 186 Å². The molecule has 1 heterocycles. The van der Waals surface area contributed by atoms with Gasteiger partial charge in [0.25, 0.3) is 0 Å². The van der Waals surface area contributed by atoms with Crippen LogP contribution in [0.15, 0.2) is 60.7 Å². The molecule has 0 saturated heterocycles. The topological polar surface area (TPSA) is 83.5 Å². The molecule has 166 valence electrons. The van der Waals surface area contributed by atoms with E-state index in [1.807, 2.05) is 30.3 Å². The number of cyclic esters (lactones) is 1. The summed E-state index contributed by atoms with van der Waals surface area (Å²) in [6.07, 6.45) is -2.05. The maximum absolute atomic E-state index is 12.5. The number of hydrogen-bond donors (Lipinski definition) is 1. The first-order valence-electron chi connectivity index (χ1n) is 10.0. The Bertz CT molecular complexity index is 1110. The van der Waals surface area contributed by atoms with Crippen molar-refractivity contribution in [2.24, 2.45) is 0 Å². The summed E-state index contributed by atoms with van der Waals surface area (Å²) in [5, 5.41) is 11.1. The van der Waals surface area contributed by atoms with E-state index in [9.17, 15) is 9.90 Å². The van der Waals surface area contributed by atoms with Crippen molar-refractivity contribution < 1.29 is 33.6 Å². The van der Waals surface area contributed by atoms with E-state index in [4.69, 9.17) is 23.7 Å². The highest BCUT2D eigenvalue weighted by Crippen LogP contribution is 2.45. The number of carbonyl (C=O) groups is 1. The third-order valence-electron chi connectivity index (χ3n) is 5.36. The van der Waals surface area contributed by atoms with Crippen LogP contribution < -0.4 is 18.9 Å². The van der Waals surface area contributed by atoms with Gasteiger partial charge in [-0.25, -0.2) is 4.79 Å². The van der Waals surface area contributed by atoms with Gasteiger partial charge in [-0.1, -0.05) is 36.4 Å². The zero-order chi connectivity index (χ0) is 22.7. The number of aliphatic hydroxyl groups excluding tert-OH is 1. The van der Waals surface area contributed by atoms with Gasteiger partial charge in [0.1, 0.15) is 29.8 Å². The molecule has 4 rings (SSSR count). The van der Waals surface area contributed by atoms with E-state index in [2.05, 4.69) is 0 Å². The number of hydrogen-bond acceptors (Lipinski definition) is 7. The molecule has 1 aliphatic rings. The maximum atomic E-state index is 12.5. The molecule has 3 aromatic carbocycles. The maximum Gasteiger partial charge on any atom is 0.343 e. The van der Waals surface area contributed by atoms with E-state index in [0.717, 1.165) is 5.56 Å². The molecule has 0 aromatic heterocycles. The smallest absolute Gasteiger partial charge is 0.343 e. The summed E-state index contributed by atoms with van der Waals surface area (Å²) < 4.78 is 27.5. The predicted octanol–water partition coefficient (Wildman–Crippen LogP) is 4.24. The molecule has 0 spiro atoms. The van der Waals surface area contributed by atoms with Crippen LogP contribution in [-0.2, 0) is 11.3 Å². The van der Waals surface area contributed by atoms with Gasteiger partial charge in [0.2, 0.25) is 0 Å². The Hall–Kier alpha value is -3.71. The van der Waals surface area contributed by atoms with Crippen LogP contribution in [0, 0.1) is 0 Å². The molecule has 0 radical (unpaired) electrons. The van der Waals surface area contributed by atoms with E-state index in [1.165, 1.54) is 21.3 Å². The van der Waals surface area contributed by atoms with Crippen LogP contribution in [0.1, 0.15) is 39.3 Å². The van der Waals surface area contributed by atoms with Crippen molar-refractivity contribution >= 4 is 5.97 Å². The van der Waals surface area contributed by atoms with Crippen LogP contribution >= 0.6 is 0 Å². The van der Waals surface area contributed by atoms with Gasteiger partial charge in [0.15, 0.2) is 17.6 Å². The largest absolute Gasteiger partial charge is 0.497 e. The summed E-state index contributed by atoms with van der Waals surface area (Å²) in [5.41, 5.74) is 2.33. The molecule has 7 heteroatoms. The molecular weight excluding hydrogens is 412 g/mol. The summed E-state index contributed by atoms with van der Waals surface area (Å²) in [4.78, 5) is 12.5. The number of esters is 1. The Kier molecular flexibility index (Phi) is 6.18. The van der Waals surface area contributed by atoms with Gasteiger partial charge >= 0.3 is 5.97 Å². The molecule has 0 amide bonds. The van der Waals surface area contributed by atoms with Crippen LogP contribution in [0.25, 0.3) is 0 Å². The Morgan fingerprint density at radius 2 is 1.66 bits per heavy atom.